The summed E-state index contributed by atoms with van der Waals surface area (Å²) in [5.74, 6) is -9.18. The number of amides is 10. The van der Waals surface area contributed by atoms with Gasteiger partial charge in [-0.05, 0) is 108 Å². The van der Waals surface area contributed by atoms with Crippen LogP contribution in [0, 0.1) is 41.4 Å². The number of hydrogen-bond acceptors (Lipinski definition) is 13. The first-order valence-electron chi connectivity index (χ1n) is 30.6. The highest BCUT2D eigenvalue weighted by atomic mass is 16.5. The van der Waals surface area contributed by atoms with E-state index in [1.807, 2.05) is 81.4 Å². The van der Waals surface area contributed by atoms with Gasteiger partial charge in [0.1, 0.15) is 66.5 Å². The van der Waals surface area contributed by atoms with E-state index in [-0.39, 0.29) is 55.8 Å². The molecule has 1 aliphatic rings. The summed E-state index contributed by atoms with van der Waals surface area (Å²) in [7, 11) is 10.2. The third-order valence-electron chi connectivity index (χ3n) is 15.9. The summed E-state index contributed by atoms with van der Waals surface area (Å²) in [5, 5.41) is 14.1. The van der Waals surface area contributed by atoms with Crippen LogP contribution in [0.15, 0.2) is 12.2 Å². The monoisotopic (exact) mass is 1200 g/mol. The number of carbonyl (C=O) groups excluding carboxylic acids is 11. The molecule has 486 valence electrons. The zero-order valence-corrected chi connectivity index (χ0v) is 56.1. The second-order valence-corrected chi connectivity index (χ2v) is 25.9. The molecule has 0 spiro atoms. The molecule has 1 fully saturated rings. The molecule has 23 nitrogen and oxygen atoms in total. The number of esters is 1. The summed E-state index contributed by atoms with van der Waals surface area (Å²) in [5.41, 5.74) is 0. The van der Waals surface area contributed by atoms with Gasteiger partial charge in [-0.25, -0.2) is 4.79 Å². The summed E-state index contributed by atoms with van der Waals surface area (Å²) in [6.45, 7) is 29.7. The van der Waals surface area contributed by atoms with Crippen molar-refractivity contribution in [2.24, 2.45) is 41.4 Å². The van der Waals surface area contributed by atoms with Crippen LogP contribution in [0.1, 0.15) is 156 Å². The largest absolute Gasteiger partial charge is 0.458 e. The Morgan fingerprint density at radius 1 is 0.518 bits per heavy atom. The maximum absolute atomic E-state index is 15.0. The van der Waals surface area contributed by atoms with E-state index in [1.54, 1.807) is 34.6 Å². The van der Waals surface area contributed by atoms with Gasteiger partial charge in [0.05, 0.1) is 6.54 Å². The Morgan fingerprint density at radius 2 is 0.953 bits per heavy atom. The Kier molecular flexibility index (Phi) is 32.1. The van der Waals surface area contributed by atoms with Crippen LogP contribution >= 0.6 is 0 Å². The minimum absolute atomic E-state index is 0.0974. The van der Waals surface area contributed by atoms with Gasteiger partial charge in [0, 0.05) is 42.3 Å². The van der Waals surface area contributed by atoms with Crippen molar-refractivity contribution in [2.45, 2.75) is 223 Å². The molecule has 3 unspecified atom stereocenters. The average Bonchev–Trinajstić information content (AvgIpc) is 3.63. The molecule has 0 aromatic carbocycles. The lowest BCUT2D eigenvalue weighted by molar-refractivity contribution is -0.167. The average molecular weight is 1200 g/mol. The molecule has 85 heavy (non-hydrogen) atoms. The molecule has 23 heteroatoms. The van der Waals surface area contributed by atoms with E-state index in [9.17, 15) is 47.9 Å². The lowest BCUT2D eigenvalue weighted by Crippen LogP contribution is -2.61. The fourth-order valence-electron chi connectivity index (χ4n) is 10.6. The fourth-order valence-corrected chi connectivity index (χ4v) is 10.6. The van der Waals surface area contributed by atoms with Crippen molar-refractivity contribution >= 4 is 65.0 Å². The van der Waals surface area contributed by atoms with Crippen LogP contribution in [0.2, 0.25) is 0 Å². The summed E-state index contributed by atoms with van der Waals surface area (Å²) < 4.78 is 6.35. The smallest absolute Gasteiger partial charge is 0.329 e. The van der Waals surface area contributed by atoms with E-state index < -0.39 is 156 Å². The number of nitrogens with one attached hydrogen (secondary N) is 5. The Labute approximate surface area is 509 Å². The Morgan fingerprint density at radius 3 is 1.40 bits per heavy atom. The molecule has 1 saturated heterocycles. The van der Waals surface area contributed by atoms with E-state index in [4.69, 9.17) is 4.74 Å². The topological polar surface area (TPSA) is 277 Å². The number of nitrogens with zero attached hydrogens (tertiary/aromatic N) is 6. The summed E-state index contributed by atoms with van der Waals surface area (Å²) >= 11 is 0. The van der Waals surface area contributed by atoms with Crippen LogP contribution in [0.5, 0.6) is 0 Å². The van der Waals surface area contributed by atoms with E-state index in [2.05, 4.69) is 26.6 Å². The molecule has 1 rings (SSSR count). The number of allylic oxidation sites excluding steroid dienone is 2. The summed E-state index contributed by atoms with van der Waals surface area (Å²) in [4.78, 5) is 167. The Bertz CT molecular complexity index is 2310. The first-order valence-corrected chi connectivity index (χ1v) is 30.6. The Balaban J connectivity index is 4.25. The molecule has 0 aromatic rings. The molecule has 10 amide bonds. The van der Waals surface area contributed by atoms with Crippen molar-refractivity contribution in [3.63, 3.8) is 0 Å². The molecule has 1 heterocycles. The standard InChI is InChI=1S/C62H111N11O12/c1-25-27-28-40(15)52-50(63-18)56(78)66-43(26-2)58(80)68(19)33-48(74)69(20)44(29-34(3)4)55(77)67-49(38(11)12)61(83)70(21)45(30-35(5)6)54(76)64-41(16)53(75)65-42(17)57(79)71(22)46(31-36(7)8)59(81)72(23)47(32-37(9)10)60(82)73(24)51(39(13)14)62(84)85-52/h25,27,34-47,49-52,63H,26,28-33H2,1-24H3,(H,64,76)(H,65,75)(H,66,78)(H,67,77)/b27-25+/t40?,41-,42+,43-,44-,45-,46-,47-,49-,50?,51-,52?/m0/s1. The summed E-state index contributed by atoms with van der Waals surface area (Å²) in [6.07, 6.45) is 3.69. The van der Waals surface area contributed by atoms with Crippen molar-refractivity contribution in [2.75, 3.05) is 55.9 Å². The predicted molar refractivity (Wildman–Crippen MR) is 329 cm³/mol. The molecule has 12 atom stereocenters. The van der Waals surface area contributed by atoms with Gasteiger partial charge in [0.2, 0.25) is 59.1 Å². The van der Waals surface area contributed by atoms with Gasteiger partial charge >= 0.3 is 5.97 Å². The third-order valence-corrected chi connectivity index (χ3v) is 15.9. The van der Waals surface area contributed by atoms with Gasteiger partial charge in [-0.1, -0.05) is 109 Å². The van der Waals surface area contributed by atoms with E-state index in [0.29, 0.717) is 6.42 Å². The van der Waals surface area contributed by atoms with Crippen molar-refractivity contribution in [3.05, 3.63) is 12.2 Å². The number of ether oxygens (including phenoxy) is 1. The van der Waals surface area contributed by atoms with Crippen LogP contribution in [-0.2, 0) is 57.5 Å². The molecule has 0 bridgehead atoms. The molecule has 0 saturated carbocycles. The van der Waals surface area contributed by atoms with Crippen molar-refractivity contribution < 1.29 is 57.5 Å². The van der Waals surface area contributed by atoms with Crippen LogP contribution in [-0.4, -0.2) is 217 Å². The quantitative estimate of drug-likeness (QED) is 0.116. The zero-order valence-electron chi connectivity index (χ0n) is 56.1. The van der Waals surface area contributed by atoms with E-state index >= 15 is 4.79 Å². The van der Waals surface area contributed by atoms with Gasteiger partial charge in [-0.15, -0.1) is 0 Å². The molecule has 0 aliphatic carbocycles. The third kappa shape index (κ3) is 22.3. The maximum atomic E-state index is 15.0. The highest BCUT2D eigenvalue weighted by Gasteiger charge is 2.44. The van der Waals surface area contributed by atoms with E-state index in [0.717, 1.165) is 4.90 Å². The number of hydrogen-bond donors (Lipinski definition) is 5. The number of cyclic esters (lactones) is 1. The van der Waals surface area contributed by atoms with Crippen LogP contribution < -0.4 is 26.6 Å². The molecule has 0 aromatic heterocycles. The SMILES string of the molecule is C/C=C/CC(C)C1OC(=O)[C@H](C(C)C)N(C)C(=O)[C@H](CC(C)C)N(C)C(=O)[C@H](CC(C)C)N(C)C(=O)[C@@H](C)NC(=O)[C@H](C)NC(=O)[C@H](CC(C)C)N(C)C(=O)[C@H](C(C)C)NC(=O)[C@H](CC(C)C)N(C)C(=O)CN(C)C(=O)[C@H](CC)NC(=O)C1NC. The number of rotatable bonds is 15. The minimum Gasteiger partial charge on any atom is -0.458 e. The minimum atomic E-state index is -1.23. The lowest BCUT2D eigenvalue weighted by atomic mass is 9.92. The fraction of sp³-hybridized carbons (Fsp3) is 0.790. The zero-order chi connectivity index (χ0) is 65.8. The van der Waals surface area contributed by atoms with Crippen LogP contribution in [0.3, 0.4) is 0 Å². The maximum Gasteiger partial charge on any atom is 0.329 e. The first-order chi connectivity index (χ1) is 39.3. The van der Waals surface area contributed by atoms with Gasteiger partial charge in [0.25, 0.3) is 0 Å². The van der Waals surface area contributed by atoms with Crippen LogP contribution in [0.25, 0.3) is 0 Å². The van der Waals surface area contributed by atoms with Crippen molar-refractivity contribution in [3.8, 4) is 0 Å². The van der Waals surface area contributed by atoms with Crippen molar-refractivity contribution in [1.82, 2.24) is 56.0 Å². The van der Waals surface area contributed by atoms with E-state index in [1.165, 1.54) is 87.7 Å². The van der Waals surface area contributed by atoms with Gasteiger partial charge in [-0.3, -0.25) is 47.9 Å². The lowest BCUT2D eigenvalue weighted by Gasteiger charge is -2.40. The normalized spacial score (nSPS) is 27.4. The molecule has 0 radical (unpaired) electrons. The van der Waals surface area contributed by atoms with Crippen molar-refractivity contribution in [1.29, 1.82) is 0 Å². The van der Waals surface area contributed by atoms with Crippen LogP contribution in [0.4, 0.5) is 0 Å². The Hall–Kier alpha value is -6.13. The molecule has 5 N–H and O–H groups in total. The number of carbonyl (C=O) groups is 11. The predicted octanol–water partition coefficient (Wildman–Crippen LogP) is 3.58. The second kappa shape index (κ2) is 35.5. The van der Waals surface area contributed by atoms with Gasteiger partial charge < -0.3 is 60.7 Å². The highest BCUT2D eigenvalue weighted by Crippen LogP contribution is 2.25. The molecular formula is C62H111N11O12. The first kappa shape index (κ1) is 76.9. The molecule has 1 aliphatic heterocycles. The number of likely N-dealkylation sites (N-methyl/N-ethyl adjacent to an activating group) is 7. The summed E-state index contributed by atoms with van der Waals surface area (Å²) in [6, 6.07) is -11.7. The second-order valence-electron chi connectivity index (χ2n) is 25.9. The van der Waals surface area contributed by atoms with Gasteiger partial charge in [-0.2, -0.15) is 0 Å². The highest BCUT2D eigenvalue weighted by molar-refractivity contribution is 5.98. The van der Waals surface area contributed by atoms with Gasteiger partial charge in [0.15, 0.2) is 0 Å². The molecular weight excluding hydrogens is 1090 g/mol.